The van der Waals surface area contributed by atoms with E-state index >= 15 is 0 Å². The molecule has 0 unspecified atom stereocenters. The number of carbonyl (C=O) groups is 2. The van der Waals surface area contributed by atoms with Crippen molar-refractivity contribution in [2.75, 3.05) is 7.11 Å². The van der Waals surface area contributed by atoms with Crippen molar-refractivity contribution in [1.82, 2.24) is 5.32 Å². The number of amides is 1. The van der Waals surface area contributed by atoms with Gasteiger partial charge < -0.3 is 10.1 Å². The first-order valence-corrected chi connectivity index (χ1v) is 6.35. The summed E-state index contributed by atoms with van der Waals surface area (Å²) < 4.78 is 4.70. The molecule has 0 heterocycles. The maximum Gasteiger partial charge on any atom is 0.328 e. The summed E-state index contributed by atoms with van der Waals surface area (Å²) in [6, 6.07) is 8.22. The summed E-state index contributed by atoms with van der Waals surface area (Å²) in [6.45, 7) is 3.50. The first-order chi connectivity index (χ1) is 9.47. The molecule has 1 rings (SSSR count). The summed E-state index contributed by atoms with van der Waals surface area (Å²) in [4.78, 5) is 23.4. The lowest BCUT2D eigenvalue weighted by molar-refractivity contribution is -0.145. The maximum absolute atomic E-state index is 11.7. The number of carbonyl (C=O) groups excluding carboxylic acids is 2. The number of hydrogen-bond acceptors (Lipinski definition) is 4. The van der Waals surface area contributed by atoms with Crippen molar-refractivity contribution in [3.8, 4) is 6.07 Å². The molecular weight excluding hydrogens is 256 g/mol. The summed E-state index contributed by atoms with van der Waals surface area (Å²) in [5.74, 6) is -0.925. The molecule has 0 bridgehead atoms. The topological polar surface area (TPSA) is 79.2 Å². The lowest BCUT2D eigenvalue weighted by atomic mass is 10.0. The van der Waals surface area contributed by atoms with Crippen molar-refractivity contribution in [2.45, 2.75) is 26.3 Å². The SMILES string of the molecule is COC(=O)[C@H](Cc1cccc(C#N)c1)NC(=O)C(C)C. The molecule has 0 saturated carbocycles. The lowest BCUT2D eigenvalue weighted by Gasteiger charge is -2.18. The Bertz CT molecular complexity index is 532. The Hall–Kier alpha value is -2.35. The summed E-state index contributed by atoms with van der Waals surface area (Å²) in [5.41, 5.74) is 1.31. The molecule has 0 aliphatic heterocycles. The fourth-order valence-corrected chi connectivity index (χ4v) is 1.68. The van der Waals surface area contributed by atoms with E-state index in [4.69, 9.17) is 10.00 Å². The lowest BCUT2D eigenvalue weighted by Crippen LogP contribution is -2.44. The second-order valence-electron chi connectivity index (χ2n) is 4.76. The number of hydrogen-bond donors (Lipinski definition) is 1. The van der Waals surface area contributed by atoms with Gasteiger partial charge in [0.15, 0.2) is 0 Å². The van der Waals surface area contributed by atoms with Crippen LogP contribution in [0.4, 0.5) is 0 Å². The zero-order valence-electron chi connectivity index (χ0n) is 11.8. The molecule has 0 aliphatic carbocycles. The number of nitriles is 1. The van der Waals surface area contributed by atoms with Crippen molar-refractivity contribution in [1.29, 1.82) is 5.26 Å². The van der Waals surface area contributed by atoms with E-state index in [1.807, 2.05) is 6.07 Å². The monoisotopic (exact) mass is 274 g/mol. The van der Waals surface area contributed by atoms with Crippen LogP contribution in [0.25, 0.3) is 0 Å². The Morgan fingerprint density at radius 3 is 2.65 bits per heavy atom. The van der Waals surface area contributed by atoms with Gasteiger partial charge in [0, 0.05) is 12.3 Å². The molecule has 20 heavy (non-hydrogen) atoms. The molecule has 0 spiro atoms. The first-order valence-electron chi connectivity index (χ1n) is 6.35. The molecule has 1 aromatic rings. The van der Waals surface area contributed by atoms with E-state index in [1.54, 1.807) is 38.1 Å². The smallest absolute Gasteiger partial charge is 0.328 e. The zero-order valence-corrected chi connectivity index (χ0v) is 11.8. The van der Waals surface area contributed by atoms with Gasteiger partial charge in [-0.25, -0.2) is 4.79 Å². The molecule has 0 aliphatic rings. The van der Waals surface area contributed by atoms with Gasteiger partial charge in [0.05, 0.1) is 18.7 Å². The van der Waals surface area contributed by atoms with Crippen molar-refractivity contribution in [2.24, 2.45) is 5.92 Å². The molecule has 5 heteroatoms. The Morgan fingerprint density at radius 1 is 1.40 bits per heavy atom. The van der Waals surface area contributed by atoms with E-state index in [2.05, 4.69) is 5.32 Å². The van der Waals surface area contributed by atoms with Crippen molar-refractivity contribution >= 4 is 11.9 Å². The third-order valence-corrected chi connectivity index (χ3v) is 2.82. The highest BCUT2D eigenvalue weighted by atomic mass is 16.5. The van der Waals surface area contributed by atoms with E-state index in [0.29, 0.717) is 12.0 Å². The minimum Gasteiger partial charge on any atom is -0.467 e. The third-order valence-electron chi connectivity index (χ3n) is 2.82. The van der Waals surface area contributed by atoms with Crippen molar-refractivity contribution in [3.63, 3.8) is 0 Å². The molecule has 5 nitrogen and oxygen atoms in total. The van der Waals surface area contributed by atoms with Gasteiger partial charge >= 0.3 is 5.97 Å². The second kappa shape index (κ2) is 7.29. The van der Waals surface area contributed by atoms with Crippen LogP contribution in [0.3, 0.4) is 0 Å². The van der Waals surface area contributed by atoms with Gasteiger partial charge in [0.1, 0.15) is 6.04 Å². The highest BCUT2D eigenvalue weighted by Gasteiger charge is 2.23. The minimum atomic E-state index is -0.746. The van der Waals surface area contributed by atoms with Crippen LogP contribution in [0.5, 0.6) is 0 Å². The van der Waals surface area contributed by atoms with Crippen LogP contribution in [0.2, 0.25) is 0 Å². The second-order valence-corrected chi connectivity index (χ2v) is 4.76. The van der Waals surface area contributed by atoms with Gasteiger partial charge in [-0.15, -0.1) is 0 Å². The fourth-order valence-electron chi connectivity index (χ4n) is 1.68. The highest BCUT2D eigenvalue weighted by molar-refractivity contribution is 5.85. The van der Waals surface area contributed by atoms with E-state index in [1.165, 1.54) is 7.11 Å². The molecule has 1 atom stereocenters. The van der Waals surface area contributed by atoms with Crippen LogP contribution in [-0.4, -0.2) is 25.0 Å². The number of ether oxygens (including phenoxy) is 1. The minimum absolute atomic E-state index is 0.211. The summed E-state index contributed by atoms with van der Waals surface area (Å²) in [7, 11) is 1.28. The van der Waals surface area contributed by atoms with E-state index < -0.39 is 12.0 Å². The number of benzene rings is 1. The van der Waals surface area contributed by atoms with Gasteiger partial charge in [-0.05, 0) is 17.7 Å². The van der Waals surface area contributed by atoms with Crippen molar-refractivity contribution in [3.05, 3.63) is 35.4 Å². The van der Waals surface area contributed by atoms with Crippen LogP contribution in [0.15, 0.2) is 24.3 Å². The normalized spacial score (nSPS) is 11.6. The first kappa shape index (κ1) is 15.7. The molecule has 0 saturated heterocycles. The number of rotatable bonds is 5. The standard InChI is InChI=1S/C15H18N2O3/c1-10(2)14(18)17-13(15(19)20-3)8-11-5-4-6-12(7-11)9-16/h4-7,10,13H,8H2,1-3H3,(H,17,18)/t13-/m0/s1. The Morgan fingerprint density at radius 2 is 2.10 bits per heavy atom. The van der Waals surface area contributed by atoms with E-state index in [0.717, 1.165) is 5.56 Å². The average molecular weight is 274 g/mol. The van der Waals surface area contributed by atoms with Gasteiger partial charge in [-0.2, -0.15) is 5.26 Å². The average Bonchev–Trinajstić information content (AvgIpc) is 2.45. The Kier molecular flexibility index (Phi) is 5.73. The van der Waals surface area contributed by atoms with Gasteiger partial charge in [0.25, 0.3) is 0 Å². The molecular formula is C15H18N2O3. The summed E-state index contributed by atoms with van der Waals surface area (Å²) in [5, 5.41) is 11.5. The van der Waals surface area contributed by atoms with Gasteiger partial charge in [0.2, 0.25) is 5.91 Å². The highest BCUT2D eigenvalue weighted by Crippen LogP contribution is 2.08. The molecule has 1 amide bonds. The van der Waals surface area contributed by atoms with Crippen LogP contribution in [0.1, 0.15) is 25.0 Å². The predicted molar refractivity (Wildman–Crippen MR) is 73.6 cm³/mol. The molecule has 1 N–H and O–H groups in total. The Balaban J connectivity index is 2.86. The molecule has 106 valence electrons. The van der Waals surface area contributed by atoms with Gasteiger partial charge in [-0.3, -0.25) is 4.79 Å². The molecule has 0 fully saturated rings. The number of esters is 1. The Labute approximate surface area is 118 Å². The van der Waals surface area contributed by atoms with Crippen molar-refractivity contribution < 1.29 is 14.3 Å². The largest absolute Gasteiger partial charge is 0.467 e. The summed E-state index contributed by atoms with van der Waals surface area (Å²) in [6.07, 6.45) is 0.292. The van der Waals surface area contributed by atoms with Crippen LogP contribution < -0.4 is 5.32 Å². The van der Waals surface area contributed by atoms with Gasteiger partial charge in [-0.1, -0.05) is 26.0 Å². The predicted octanol–water partition coefficient (Wildman–Crippen LogP) is 1.41. The zero-order chi connectivity index (χ0) is 15.1. The quantitative estimate of drug-likeness (QED) is 0.823. The molecule has 0 aromatic heterocycles. The summed E-state index contributed by atoms with van der Waals surface area (Å²) >= 11 is 0. The number of nitrogens with zero attached hydrogens (tertiary/aromatic N) is 1. The third kappa shape index (κ3) is 4.39. The van der Waals surface area contributed by atoms with Crippen LogP contribution in [-0.2, 0) is 20.7 Å². The maximum atomic E-state index is 11.7. The van der Waals surface area contributed by atoms with E-state index in [-0.39, 0.29) is 11.8 Å². The van der Waals surface area contributed by atoms with Crippen LogP contribution in [0, 0.1) is 17.2 Å². The number of methoxy groups -OCH3 is 1. The fraction of sp³-hybridized carbons (Fsp3) is 0.400. The number of nitrogens with one attached hydrogen (secondary N) is 1. The van der Waals surface area contributed by atoms with Crippen LogP contribution >= 0.6 is 0 Å². The van der Waals surface area contributed by atoms with E-state index in [9.17, 15) is 9.59 Å². The molecule has 0 radical (unpaired) electrons. The molecule has 1 aromatic carbocycles.